The largest absolute Gasteiger partial charge is 0.493 e. The highest BCUT2D eigenvalue weighted by Gasteiger charge is 2.29. The van der Waals surface area contributed by atoms with Gasteiger partial charge < -0.3 is 15.0 Å². The van der Waals surface area contributed by atoms with E-state index in [1.165, 1.54) is 6.08 Å². The summed E-state index contributed by atoms with van der Waals surface area (Å²) in [5.74, 6) is 0.477. The number of carbonyl (C=O) groups excluding carboxylic acids is 2. The Labute approximate surface area is 153 Å². The number of amides is 2. The first-order valence-electron chi connectivity index (χ1n) is 8.66. The van der Waals surface area contributed by atoms with Crippen LogP contribution in [-0.2, 0) is 16.0 Å². The molecule has 134 valence electrons. The van der Waals surface area contributed by atoms with Crippen LogP contribution in [0.25, 0.3) is 0 Å². The summed E-state index contributed by atoms with van der Waals surface area (Å²) in [6.45, 7) is 7.21. The van der Waals surface area contributed by atoms with E-state index in [9.17, 15) is 9.59 Å². The quantitative estimate of drug-likeness (QED) is 0.838. The molecule has 2 aliphatic rings. The van der Waals surface area contributed by atoms with E-state index < -0.39 is 0 Å². The SMILES string of the molecule is C=CC(=O)N1CCCC(C(=O)NC(C)c2cc(Cl)cc3c2OCC3)C1. The van der Waals surface area contributed by atoms with Crippen molar-refractivity contribution in [1.29, 1.82) is 0 Å². The number of piperidine rings is 1. The molecule has 1 saturated heterocycles. The molecule has 5 nitrogen and oxygen atoms in total. The summed E-state index contributed by atoms with van der Waals surface area (Å²) >= 11 is 6.21. The minimum Gasteiger partial charge on any atom is -0.493 e. The molecule has 0 radical (unpaired) electrons. The third kappa shape index (κ3) is 3.82. The summed E-state index contributed by atoms with van der Waals surface area (Å²) in [5, 5.41) is 3.71. The van der Waals surface area contributed by atoms with Gasteiger partial charge in [0.1, 0.15) is 5.75 Å². The number of fused-ring (bicyclic) bond motifs is 1. The molecule has 25 heavy (non-hydrogen) atoms. The van der Waals surface area contributed by atoms with Crippen molar-refractivity contribution in [1.82, 2.24) is 10.2 Å². The third-order valence-electron chi connectivity index (χ3n) is 4.88. The standard InChI is InChI=1S/C19H23ClN2O3/c1-3-17(23)22-7-4-5-14(11-22)19(24)21-12(2)16-10-15(20)9-13-6-8-25-18(13)16/h3,9-10,12,14H,1,4-8,11H2,2H3,(H,21,24). The second-order valence-corrected chi connectivity index (χ2v) is 7.08. The minimum absolute atomic E-state index is 0.0409. The number of ether oxygens (including phenoxy) is 1. The van der Waals surface area contributed by atoms with Crippen LogP contribution in [0.15, 0.2) is 24.8 Å². The number of likely N-dealkylation sites (tertiary alicyclic amines) is 1. The van der Waals surface area contributed by atoms with Gasteiger partial charge in [0, 0.05) is 30.1 Å². The van der Waals surface area contributed by atoms with Crippen molar-refractivity contribution in [3.63, 3.8) is 0 Å². The van der Waals surface area contributed by atoms with Crippen LogP contribution in [-0.4, -0.2) is 36.4 Å². The van der Waals surface area contributed by atoms with Crippen molar-refractivity contribution in [2.75, 3.05) is 19.7 Å². The van der Waals surface area contributed by atoms with E-state index in [1.54, 1.807) is 4.90 Å². The Hall–Kier alpha value is -2.01. The highest BCUT2D eigenvalue weighted by atomic mass is 35.5. The number of nitrogens with zero attached hydrogens (tertiary/aromatic N) is 1. The summed E-state index contributed by atoms with van der Waals surface area (Å²) in [6, 6.07) is 3.57. The van der Waals surface area contributed by atoms with Gasteiger partial charge in [-0.2, -0.15) is 0 Å². The molecular weight excluding hydrogens is 340 g/mol. The molecule has 2 heterocycles. The molecule has 2 unspecified atom stereocenters. The molecule has 1 aromatic carbocycles. The van der Waals surface area contributed by atoms with E-state index in [0.717, 1.165) is 36.1 Å². The summed E-state index contributed by atoms with van der Waals surface area (Å²) in [6.07, 6.45) is 3.74. The number of hydrogen-bond acceptors (Lipinski definition) is 3. The van der Waals surface area contributed by atoms with Crippen LogP contribution in [0, 0.1) is 5.92 Å². The lowest BCUT2D eigenvalue weighted by Crippen LogP contribution is -2.45. The first-order valence-corrected chi connectivity index (χ1v) is 9.04. The van der Waals surface area contributed by atoms with Gasteiger partial charge in [0.25, 0.3) is 0 Å². The first kappa shape index (κ1) is 17.8. The van der Waals surface area contributed by atoms with Gasteiger partial charge in [-0.05, 0) is 43.5 Å². The van der Waals surface area contributed by atoms with Crippen LogP contribution in [0.4, 0.5) is 0 Å². The number of hydrogen-bond donors (Lipinski definition) is 1. The maximum Gasteiger partial charge on any atom is 0.245 e. The molecule has 0 spiro atoms. The Morgan fingerprint density at radius 1 is 1.48 bits per heavy atom. The molecule has 1 N–H and O–H groups in total. The molecule has 0 aliphatic carbocycles. The van der Waals surface area contributed by atoms with Crippen LogP contribution >= 0.6 is 11.6 Å². The Morgan fingerprint density at radius 3 is 3.04 bits per heavy atom. The van der Waals surface area contributed by atoms with Gasteiger partial charge in [-0.15, -0.1) is 0 Å². The second-order valence-electron chi connectivity index (χ2n) is 6.64. The molecule has 2 atom stereocenters. The van der Waals surface area contributed by atoms with E-state index in [4.69, 9.17) is 16.3 Å². The highest BCUT2D eigenvalue weighted by Crippen LogP contribution is 2.36. The molecule has 0 bridgehead atoms. The zero-order valence-corrected chi connectivity index (χ0v) is 15.1. The smallest absolute Gasteiger partial charge is 0.245 e. The molecule has 2 amide bonds. The summed E-state index contributed by atoms with van der Waals surface area (Å²) in [4.78, 5) is 26.1. The van der Waals surface area contributed by atoms with Gasteiger partial charge in [0.15, 0.2) is 0 Å². The van der Waals surface area contributed by atoms with Crippen molar-refractivity contribution in [2.45, 2.75) is 32.2 Å². The average molecular weight is 363 g/mol. The molecule has 1 fully saturated rings. The van der Waals surface area contributed by atoms with Crippen LogP contribution < -0.4 is 10.1 Å². The van der Waals surface area contributed by atoms with Crippen LogP contribution in [0.3, 0.4) is 0 Å². The van der Waals surface area contributed by atoms with Gasteiger partial charge in [-0.1, -0.05) is 18.2 Å². The zero-order chi connectivity index (χ0) is 18.0. The lowest BCUT2D eigenvalue weighted by molar-refractivity contribution is -0.132. The Balaban J connectivity index is 1.69. The minimum atomic E-state index is -0.205. The lowest BCUT2D eigenvalue weighted by Gasteiger charge is -2.32. The fraction of sp³-hybridized carbons (Fsp3) is 0.474. The van der Waals surface area contributed by atoms with Gasteiger partial charge in [0.05, 0.1) is 18.6 Å². The van der Waals surface area contributed by atoms with Crippen molar-refractivity contribution in [3.8, 4) is 5.75 Å². The maximum absolute atomic E-state index is 12.7. The molecule has 1 aromatic rings. The van der Waals surface area contributed by atoms with Gasteiger partial charge in [-0.25, -0.2) is 0 Å². The van der Waals surface area contributed by atoms with E-state index >= 15 is 0 Å². The molecule has 6 heteroatoms. The van der Waals surface area contributed by atoms with E-state index in [2.05, 4.69) is 11.9 Å². The molecule has 0 saturated carbocycles. The second kappa shape index (κ2) is 7.48. The normalized spacial score (nSPS) is 20.4. The number of carbonyl (C=O) groups is 2. The van der Waals surface area contributed by atoms with E-state index in [0.29, 0.717) is 24.7 Å². The van der Waals surface area contributed by atoms with Crippen LogP contribution in [0.1, 0.15) is 36.9 Å². The molecule has 0 aromatic heterocycles. The Morgan fingerprint density at radius 2 is 2.28 bits per heavy atom. The van der Waals surface area contributed by atoms with Crippen molar-refractivity contribution >= 4 is 23.4 Å². The molecular formula is C19H23ClN2O3. The summed E-state index contributed by atoms with van der Waals surface area (Å²) in [7, 11) is 0. The van der Waals surface area contributed by atoms with E-state index in [-0.39, 0.29) is 23.8 Å². The number of rotatable bonds is 4. The number of halogens is 1. The monoisotopic (exact) mass is 362 g/mol. The summed E-state index contributed by atoms with van der Waals surface area (Å²) < 4.78 is 5.72. The Bertz CT molecular complexity index is 704. The van der Waals surface area contributed by atoms with Gasteiger partial charge in [0.2, 0.25) is 11.8 Å². The summed E-state index contributed by atoms with van der Waals surface area (Å²) in [5.41, 5.74) is 1.99. The van der Waals surface area contributed by atoms with Crippen molar-refractivity contribution in [2.24, 2.45) is 5.92 Å². The fourth-order valence-corrected chi connectivity index (χ4v) is 3.80. The Kier molecular flexibility index (Phi) is 5.33. The topological polar surface area (TPSA) is 58.6 Å². The van der Waals surface area contributed by atoms with Crippen LogP contribution in [0.2, 0.25) is 5.02 Å². The van der Waals surface area contributed by atoms with Crippen molar-refractivity contribution < 1.29 is 14.3 Å². The van der Waals surface area contributed by atoms with E-state index in [1.807, 2.05) is 19.1 Å². The number of nitrogens with one attached hydrogen (secondary N) is 1. The number of benzene rings is 1. The predicted octanol–water partition coefficient (Wildman–Crippen LogP) is 2.88. The third-order valence-corrected chi connectivity index (χ3v) is 5.10. The van der Waals surface area contributed by atoms with Gasteiger partial charge in [-0.3, -0.25) is 9.59 Å². The molecule has 2 aliphatic heterocycles. The first-order chi connectivity index (χ1) is 12.0. The van der Waals surface area contributed by atoms with Gasteiger partial charge >= 0.3 is 0 Å². The lowest BCUT2D eigenvalue weighted by atomic mass is 9.96. The maximum atomic E-state index is 12.7. The highest BCUT2D eigenvalue weighted by molar-refractivity contribution is 6.30. The van der Waals surface area contributed by atoms with Crippen molar-refractivity contribution in [3.05, 3.63) is 40.9 Å². The molecule has 3 rings (SSSR count). The zero-order valence-electron chi connectivity index (χ0n) is 14.4. The van der Waals surface area contributed by atoms with Crippen LogP contribution in [0.5, 0.6) is 5.75 Å². The predicted molar refractivity (Wildman–Crippen MR) is 96.7 cm³/mol. The average Bonchev–Trinajstić information content (AvgIpc) is 3.08. The fourth-order valence-electron chi connectivity index (χ4n) is 3.55.